The Hall–Kier alpha value is -3.38. The topological polar surface area (TPSA) is 117 Å². The van der Waals surface area contributed by atoms with Crippen molar-refractivity contribution in [2.75, 3.05) is 18.4 Å². The number of piperidine rings is 1. The third-order valence-corrected chi connectivity index (χ3v) is 6.48. The standard InChI is InChI=1S/C25H24Cl2N6O2/c1-15-10-16(13-28)11-21(27)23(15)35-22-4-7-30-25(32-22)31-19-5-8-33(9-6-19)14-18-3-2-17(24(29)34)12-20(18)26/h2-4,7,10-12,19H,5-6,8-9,14H2,1H3,(H2,29,34)(H,30,31,32). The molecule has 0 radical (unpaired) electrons. The molecule has 1 aliphatic heterocycles. The zero-order valence-corrected chi connectivity index (χ0v) is 20.6. The van der Waals surface area contributed by atoms with Gasteiger partial charge in [0.15, 0.2) is 5.75 Å². The molecule has 2 heterocycles. The molecule has 35 heavy (non-hydrogen) atoms. The van der Waals surface area contributed by atoms with Gasteiger partial charge in [-0.05, 0) is 55.2 Å². The molecule has 1 saturated heterocycles. The number of halogens is 2. The second kappa shape index (κ2) is 10.9. The van der Waals surface area contributed by atoms with Crippen LogP contribution in [0.5, 0.6) is 11.6 Å². The number of rotatable bonds is 7. The quantitative estimate of drug-likeness (QED) is 0.462. The number of benzene rings is 2. The minimum atomic E-state index is -0.489. The largest absolute Gasteiger partial charge is 0.437 e. The molecule has 8 nitrogen and oxygen atoms in total. The van der Waals surface area contributed by atoms with Crippen LogP contribution in [-0.2, 0) is 6.54 Å². The van der Waals surface area contributed by atoms with E-state index in [1.54, 1.807) is 36.5 Å². The maximum Gasteiger partial charge on any atom is 0.248 e. The lowest BCUT2D eigenvalue weighted by atomic mass is 10.0. The number of nitrogens with one attached hydrogen (secondary N) is 1. The van der Waals surface area contributed by atoms with Gasteiger partial charge in [0, 0.05) is 48.5 Å². The van der Waals surface area contributed by atoms with Crippen LogP contribution in [0.25, 0.3) is 0 Å². The predicted octanol–water partition coefficient (Wildman–Crippen LogP) is 4.93. The number of aryl methyl sites for hydroxylation is 1. The molecule has 1 fully saturated rings. The summed E-state index contributed by atoms with van der Waals surface area (Å²) in [7, 11) is 0. The molecular formula is C25H24Cl2N6O2. The van der Waals surface area contributed by atoms with E-state index in [1.165, 1.54) is 0 Å². The van der Waals surface area contributed by atoms with Crippen molar-refractivity contribution in [3.05, 3.63) is 74.9 Å². The Kier molecular flexibility index (Phi) is 7.71. The third kappa shape index (κ3) is 6.20. The molecule has 0 spiro atoms. The fraction of sp³-hybridized carbons (Fsp3) is 0.280. The summed E-state index contributed by atoms with van der Waals surface area (Å²) < 4.78 is 5.90. The average molecular weight is 511 g/mol. The maximum absolute atomic E-state index is 11.3. The Morgan fingerprint density at radius 1 is 1.23 bits per heavy atom. The van der Waals surface area contributed by atoms with Crippen molar-refractivity contribution in [2.45, 2.75) is 32.4 Å². The minimum Gasteiger partial charge on any atom is -0.437 e. The monoisotopic (exact) mass is 510 g/mol. The van der Waals surface area contributed by atoms with Crippen molar-refractivity contribution < 1.29 is 9.53 Å². The van der Waals surface area contributed by atoms with Crippen molar-refractivity contribution in [1.29, 1.82) is 5.26 Å². The summed E-state index contributed by atoms with van der Waals surface area (Å²) in [6.07, 6.45) is 3.45. The molecule has 0 bridgehead atoms. The van der Waals surface area contributed by atoms with E-state index in [4.69, 9.17) is 38.9 Å². The van der Waals surface area contributed by atoms with Crippen LogP contribution in [0.15, 0.2) is 42.6 Å². The molecule has 10 heteroatoms. The smallest absolute Gasteiger partial charge is 0.248 e. The lowest BCUT2D eigenvalue weighted by Crippen LogP contribution is -2.39. The van der Waals surface area contributed by atoms with Crippen molar-refractivity contribution in [2.24, 2.45) is 5.73 Å². The zero-order chi connectivity index (χ0) is 24.9. The molecule has 2 aromatic carbocycles. The van der Waals surface area contributed by atoms with Crippen LogP contribution >= 0.6 is 23.2 Å². The highest BCUT2D eigenvalue weighted by molar-refractivity contribution is 6.32. The van der Waals surface area contributed by atoms with Gasteiger partial charge in [-0.25, -0.2) is 4.98 Å². The van der Waals surface area contributed by atoms with E-state index < -0.39 is 5.91 Å². The number of hydrogen-bond acceptors (Lipinski definition) is 7. The molecule has 1 aromatic heterocycles. The van der Waals surface area contributed by atoms with Gasteiger partial charge in [0.05, 0.1) is 16.7 Å². The van der Waals surface area contributed by atoms with E-state index in [0.29, 0.717) is 45.3 Å². The number of aromatic nitrogens is 2. The van der Waals surface area contributed by atoms with Crippen molar-refractivity contribution in [3.8, 4) is 17.7 Å². The van der Waals surface area contributed by atoms with E-state index in [2.05, 4.69) is 26.3 Å². The third-order valence-electron chi connectivity index (χ3n) is 5.85. The van der Waals surface area contributed by atoms with Gasteiger partial charge in [0.1, 0.15) is 0 Å². The van der Waals surface area contributed by atoms with Crippen LogP contribution < -0.4 is 15.8 Å². The molecule has 180 valence electrons. The average Bonchev–Trinajstić information content (AvgIpc) is 2.84. The molecule has 3 N–H and O–H groups in total. The van der Waals surface area contributed by atoms with Crippen LogP contribution in [0.3, 0.4) is 0 Å². The molecule has 0 aliphatic carbocycles. The molecule has 4 rings (SSSR count). The van der Waals surface area contributed by atoms with E-state index >= 15 is 0 Å². The van der Waals surface area contributed by atoms with Crippen molar-refractivity contribution >= 4 is 35.1 Å². The summed E-state index contributed by atoms with van der Waals surface area (Å²) in [6, 6.07) is 12.4. The molecule has 0 unspecified atom stereocenters. The Balaban J connectivity index is 1.33. The van der Waals surface area contributed by atoms with Crippen LogP contribution in [0.2, 0.25) is 10.0 Å². The van der Waals surface area contributed by atoms with E-state index in [9.17, 15) is 4.79 Å². The zero-order valence-electron chi connectivity index (χ0n) is 19.1. The number of nitriles is 1. The van der Waals surface area contributed by atoms with Gasteiger partial charge >= 0.3 is 0 Å². The second-order valence-electron chi connectivity index (χ2n) is 8.40. The summed E-state index contributed by atoms with van der Waals surface area (Å²) in [5.74, 6) is 0.820. The second-order valence-corrected chi connectivity index (χ2v) is 9.22. The number of ether oxygens (including phenoxy) is 1. The van der Waals surface area contributed by atoms with Crippen LogP contribution in [0.1, 0.15) is 39.9 Å². The van der Waals surface area contributed by atoms with E-state index in [1.807, 2.05) is 13.0 Å². The lowest BCUT2D eigenvalue weighted by Gasteiger charge is -2.32. The Labute approximate surface area is 213 Å². The highest BCUT2D eigenvalue weighted by Crippen LogP contribution is 2.33. The maximum atomic E-state index is 11.3. The number of nitrogens with two attached hydrogens (primary N) is 1. The highest BCUT2D eigenvalue weighted by atomic mass is 35.5. The Bertz CT molecular complexity index is 1260. The molecular weight excluding hydrogens is 487 g/mol. The summed E-state index contributed by atoms with van der Waals surface area (Å²) in [5, 5.41) is 13.4. The molecule has 1 aliphatic rings. The SMILES string of the molecule is Cc1cc(C#N)cc(Cl)c1Oc1ccnc(NC2CCN(Cc3ccc(C(N)=O)cc3Cl)CC2)n1. The van der Waals surface area contributed by atoms with Gasteiger partial charge in [-0.3, -0.25) is 9.69 Å². The van der Waals surface area contributed by atoms with E-state index in [-0.39, 0.29) is 6.04 Å². The Morgan fingerprint density at radius 2 is 2.00 bits per heavy atom. The van der Waals surface area contributed by atoms with Crippen LogP contribution in [-0.4, -0.2) is 39.9 Å². The summed E-state index contributed by atoms with van der Waals surface area (Å²) in [5.41, 5.74) is 7.91. The summed E-state index contributed by atoms with van der Waals surface area (Å²) in [6.45, 7) is 4.29. The van der Waals surface area contributed by atoms with Gasteiger partial charge < -0.3 is 15.8 Å². The number of anilines is 1. The van der Waals surface area contributed by atoms with Crippen LogP contribution in [0.4, 0.5) is 5.95 Å². The highest BCUT2D eigenvalue weighted by Gasteiger charge is 2.21. The van der Waals surface area contributed by atoms with Crippen molar-refractivity contribution in [3.63, 3.8) is 0 Å². The number of hydrogen-bond donors (Lipinski definition) is 2. The van der Waals surface area contributed by atoms with Gasteiger partial charge in [-0.15, -0.1) is 0 Å². The molecule has 1 amide bonds. The first kappa shape index (κ1) is 24.7. The first-order valence-corrected chi connectivity index (χ1v) is 11.9. The first-order valence-electron chi connectivity index (χ1n) is 11.1. The molecule has 0 atom stereocenters. The number of nitrogens with zero attached hydrogens (tertiary/aromatic N) is 4. The summed E-state index contributed by atoms with van der Waals surface area (Å²) >= 11 is 12.6. The number of carbonyl (C=O) groups excluding carboxylic acids is 1. The summed E-state index contributed by atoms with van der Waals surface area (Å²) in [4.78, 5) is 22.4. The number of primary amides is 1. The fourth-order valence-electron chi connectivity index (χ4n) is 3.99. The number of carbonyl (C=O) groups is 1. The molecule has 3 aromatic rings. The van der Waals surface area contributed by atoms with Crippen molar-refractivity contribution in [1.82, 2.24) is 14.9 Å². The normalized spacial score (nSPS) is 14.3. The number of likely N-dealkylation sites (tertiary alicyclic amines) is 1. The fourth-order valence-corrected chi connectivity index (χ4v) is 4.53. The minimum absolute atomic E-state index is 0.217. The Morgan fingerprint density at radius 3 is 2.66 bits per heavy atom. The van der Waals surface area contributed by atoms with Gasteiger partial charge in [-0.1, -0.05) is 29.3 Å². The van der Waals surface area contributed by atoms with Gasteiger partial charge in [0.25, 0.3) is 0 Å². The van der Waals surface area contributed by atoms with Gasteiger partial charge in [-0.2, -0.15) is 10.2 Å². The first-order chi connectivity index (χ1) is 16.8. The van der Waals surface area contributed by atoms with Crippen LogP contribution in [0, 0.1) is 18.3 Å². The molecule has 0 saturated carbocycles. The number of amides is 1. The lowest BCUT2D eigenvalue weighted by molar-refractivity contribution is 0.1000. The predicted molar refractivity (Wildman–Crippen MR) is 135 cm³/mol. The van der Waals surface area contributed by atoms with Gasteiger partial charge in [0.2, 0.25) is 17.7 Å². The van der Waals surface area contributed by atoms with E-state index in [0.717, 1.165) is 37.1 Å².